The molecule has 4 nitrogen and oxygen atoms in total. The molecule has 0 saturated carbocycles. The normalized spacial score (nSPS) is 14.2. The van der Waals surface area contributed by atoms with Crippen LogP contribution in [0.1, 0.15) is 12.0 Å². The van der Waals surface area contributed by atoms with Gasteiger partial charge in [0.1, 0.15) is 5.75 Å². The number of hydrogen-bond acceptors (Lipinski definition) is 2. The number of benzene rings is 2. The molecule has 0 bridgehead atoms. The molecule has 0 radical (unpaired) electrons. The van der Waals surface area contributed by atoms with E-state index in [9.17, 15) is 9.90 Å². The highest BCUT2D eigenvalue weighted by molar-refractivity contribution is 6.42. The second kappa shape index (κ2) is 7.16. The van der Waals surface area contributed by atoms with Gasteiger partial charge in [-0.15, -0.1) is 0 Å². The Balaban J connectivity index is 1.63. The highest BCUT2D eigenvalue weighted by Crippen LogP contribution is 2.26. The summed E-state index contributed by atoms with van der Waals surface area (Å²) in [6, 6.07) is 11.9. The van der Waals surface area contributed by atoms with E-state index < -0.39 is 0 Å². The van der Waals surface area contributed by atoms with Crippen LogP contribution in [0.25, 0.3) is 5.57 Å². The van der Waals surface area contributed by atoms with Crippen molar-refractivity contribution in [3.8, 4) is 5.75 Å². The summed E-state index contributed by atoms with van der Waals surface area (Å²) in [5, 5.41) is 13.0. The van der Waals surface area contributed by atoms with Gasteiger partial charge >= 0.3 is 6.03 Å². The van der Waals surface area contributed by atoms with Gasteiger partial charge in [0.05, 0.1) is 10.0 Å². The minimum absolute atomic E-state index is 0.172. The number of aromatic hydroxyl groups is 1. The van der Waals surface area contributed by atoms with E-state index in [0.29, 0.717) is 28.8 Å². The monoisotopic (exact) mass is 362 g/mol. The van der Waals surface area contributed by atoms with Crippen LogP contribution in [0.3, 0.4) is 0 Å². The van der Waals surface area contributed by atoms with Crippen molar-refractivity contribution < 1.29 is 9.90 Å². The predicted octanol–water partition coefficient (Wildman–Crippen LogP) is 5.02. The topological polar surface area (TPSA) is 52.6 Å². The van der Waals surface area contributed by atoms with Crippen molar-refractivity contribution in [1.82, 2.24) is 4.90 Å². The first-order chi connectivity index (χ1) is 11.5. The summed E-state index contributed by atoms with van der Waals surface area (Å²) in [5.74, 6) is 0.248. The quantitative estimate of drug-likeness (QED) is 0.787. The number of amides is 2. The third kappa shape index (κ3) is 3.83. The van der Waals surface area contributed by atoms with E-state index in [4.69, 9.17) is 23.2 Å². The lowest BCUT2D eigenvalue weighted by molar-refractivity contribution is 0.217. The van der Waals surface area contributed by atoms with Crippen LogP contribution < -0.4 is 5.32 Å². The van der Waals surface area contributed by atoms with Gasteiger partial charge in [0.25, 0.3) is 0 Å². The maximum atomic E-state index is 12.3. The molecule has 0 aliphatic carbocycles. The zero-order valence-corrected chi connectivity index (χ0v) is 14.3. The van der Waals surface area contributed by atoms with E-state index in [-0.39, 0.29) is 11.8 Å². The molecule has 6 heteroatoms. The van der Waals surface area contributed by atoms with Gasteiger partial charge in [0.15, 0.2) is 0 Å². The van der Waals surface area contributed by atoms with E-state index >= 15 is 0 Å². The molecule has 0 fully saturated rings. The highest BCUT2D eigenvalue weighted by atomic mass is 35.5. The van der Waals surface area contributed by atoms with Gasteiger partial charge in [-0.2, -0.15) is 0 Å². The number of carbonyl (C=O) groups excluding carboxylic acids is 1. The number of halogens is 2. The Bertz CT molecular complexity index is 788. The molecule has 2 N–H and O–H groups in total. The van der Waals surface area contributed by atoms with E-state index in [1.54, 1.807) is 35.2 Å². The molecule has 3 rings (SSSR count). The fourth-order valence-electron chi connectivity index (χ4n) is 2.57. The summed E-state index contributed by atoms with van der Waals surface area (Å²) in [4.78, 5) is 14.1. The van der Waals surface area contributed by atoms with Crippen LogP contribution in [0.15, 0.2) is 48.5 Å². The van der Waals surface area contributed by atoms with Gasteiger partial charge in [-0.25, -0.2) is 4.79 Å². The first-order valence-corrected chi connectivity index (χ1v) is 8.28. The summed E-state index contributed by atoms with van der Waals surface area (Å²) < 4.78 is 0. The average molecular weight is 363 g/mol. The van der Waals surface area contributed by atoms with Crippen molar-refractivity contribution in [1.29, 1.82) is 0 Å². The summed E-state index contributed by atoms with van der Waals surface area (Å²) in [6.07, 6.45) is 2.80. The largest absolute Gasteiger partial charge is 0.508 e. The number of nitrogens with one attached hydrogen (secondary N) is 1. The lowest BCUT2D eigenvalue weighted by Gasteiger charge is -2.27. The first-order valence-electron chi connectivity index (χ1n) is 7.52. The van der Waals surface area contributed by atoms with Gasteiger partial charge in [0.2, 0.25) is 0 Å². The molecule has 0 unspecified atom stereocenters. The third-order valence-corrected chi connectivity index (χ3v) is 4.64. The molecule has 1 heterocycles. The number of carbonyl (C=O) groups is 1. The molecular weight excluding hydrogens is 347 g/mol. The van der Waals surface area contributed by atoms with Crippen LogP contribution in [0.5, 0.6) is 5.75 Å². The van der Waals surface area contributed by atoms with Crippen LogP contribution in [-0.2, 0) is 0 Å². The molecular formula is C18H16Cl2N2O2. The molecule has 0 saturated heterocycles. The van der Waals surface area contributed by atoms with Crippen molar-refractivity contribution in [2.75, 3.05) is 18.4 Å². The minimum Gasteiger partial charge on any atom is -0.508 e. The van der Waals surface area contributed by atoms with Gasteiger partial charge in [0, 0.05) is 18.8 Å². The summed E-state index contributed by atoms with van der Waals surface area (Å²) >= 11 is 11.8. The van der Waals surface area contributed by atoms with Crippen molar-refractivity contribution in [3.63, 3.8) is 0 Å². The number of nitrogens with zero attached hydrogens (tertiary/aromatic N) is 1. The Morgan fingerprint density at radius 2 is 1.83 bits per heavy atom. The van der Waals surface area contributed by atoms with E-state index in [1.165, 1.54) is 5.57 Å². The van der Waals surface area contributed by atoms with Gasteiger partial charge in [-0.1, -0.05) is 41.4 Å². The molecule has 1 aliphatic heterocycles. The zero-order valence-electron chi connectivity index (χ0n) is 12.8. The minimum atomic E-state index is -0.172. The van der Waals surface area contributed by atoms with Crippen molar-refractivity contribution >= 4 is 40.5 Å². The first kappa shape index (κ1) is 16.7. The SMILES string of the molecule is O=C(Nc1ccc(Cl)c(Cl)c1)N1CC=C(c2ccc(O)cc2)CC1. The molecule has 2 aromatic rings. The second-order valence-corrected chi connectivity index (χ2v) is 6.35. The molecule has 24 heavy (non-hydrogen) atoms. The van der Waals surface area contributed by atoms with Crippen molar-refractivity contribution in [2.45, 2.75) is 6.42 Å². The van der Waals surface area contributed by atoms with Crippen LogP contribution in [0, 0.1) is 0 Å². The zero-order chi connectivity index (χ0) is 17.1. The lowest BCUT2D eigenvalue weighted by Crippen LogP contribution is -2.37. The predicted molar refractivity (Wildman–Crippen MR) is 97.8 cm³/mol. The lowest BCUT2D eigenvalue weighted by atomic mass is 9.99. The molecule has 0 spiro atoms. The molecule has 124 valence electrons. The number of urea groups is 1. The fraction of sp³-hybridized carbons (Fsp3) is 0.167. The summed E-state index contributed by atoms with van der Waals surface area (Å²) in [7, 11) is 0. The number of anilines is 1. The van der Waals surface area contributed by atoms with Gasteiger partial charge in [-0.3, -0.25) is 0 Å². The van der Waals surface area contributed by atoms with E-state index in [0.717, 1.165) is 12.0 Å². The summed E-state index contributed by atoms with van der Waals surface area (Å²) in [5.41, 5.74) is 2.86. The van der Waals surface area contributed by atoms with Crippen molar-refractivity contribution in [3.05, 3.63) is 64.1 Å². The Labute approximate surface area is 150 Å². The van der Waals surface area contributed by atoms with Crippen LogP contribution >= 0.6 is 23.2 Å². The third-order valence-electron chi connectivity index (χ3n) is 3.91. The fourth-order valence-corrected chi connectivity index (χ4v) is 2.87. The van der Waals surface area contributed by atoms with Crippen LogP contribution in [-0.4, -0.2) is 29.1 Å². The summed E-state index contributed by atoms with van der Waals surface area (Å²) in [6.45, 7) is 1.16. The van der Waals surface area contributed by atoms with Gasteiger partial charge in [-0.05, 0) is 47.9 Å². The average Bonchev–Trinajstić information content (AvgIpc) is 2.59. The Morgan fingerprint density at radius 1 is 1.08 bits per heavy atom. The molecule has 0 aromatic heterocycles. The maximum Gasteiger partial charge on any atom is 0.322 e. The molecule has 2 amide bonds. The van der Waals surface area contributed by atoms with Crippen LogP contribution in [0.4, 0.5) is 10.5 Å². The van der Waals surface area contributed by atoms with E-state index in [2.05, 4.69) is 5.32 Å². The molecule has 0 atom stereocenters. The number of rotatable bonds is 2. The number of hydrogen-bond donors (Lipinski definition) is 2. The Hall–Kier alpha value is -2.17. The Kier molecular flexibility index (Phi) is 4.97. The smallest absolute Gasteiger partial charge is 0.322 e. The molecule has 1 aliphatic rings. The van der Waals surface area contributed by atoms with Gasteiger partial charge < -0.3 is 15.3 Å². The Morgan fingerprint density at radius 3 is 2.46 bits per heavy atom. The maximum absolute atomic E-state index is 12.3. The van der Waals surface area contributed by atoms with Crippen LogP contribution in [0.2, 0.25) is 10.0 Å². The number of phenols is 1. The second-order valence-electron chi connectivity index (χ2n) is 5.53. The van der Waals surface area contributed by atoms with Crippen molar-refractivity contribution in [2.24, 2.45) is 0 Å². The number of phenolic OH excluding ortho intramolecular Hbond substituents is 1. The standard InChI is InChI=1S/C18H16Cl2N2O2/c19-16-6-3-14(11-17(16)20)21-18(24)22-9-7-13(8-10-22)12-1-4-15(23)5-2-12/h1-7,11,23H,8-10H2,(H,21,24). The highest BCUT2D eigenvalue weighted by Gasteiger charge is 2.18. The van der Waals surface area contributed by atoms with E-state index in [1.807, 2.05) is 18.2 Å². The molecule has 2 aromatic carbocycles.